The highest BCUT2D eigenvalue weighted by atomic mass is 32.1. The highest BCUT2D eigenvalue weighted by Gasteiger charge is 2.08. The van der Waals surface area contributed by atoms with Crippen molar-refractivity contribution in [2.75, 3.05) is 0 Å². The minimum Gasteiger partial charge on any atom is -0.368 e. The van der Waals surface area contributed by atoms with Gasteiger partial charge in [-0.15, -0.1) is 11.3 Å². The van der Waals surface area contributed by atoms with Gasteiger partial charge in [0.15, 0.2) is 0 Å². The standard InChI is InChI=1S/C5H6N2O2S/c1-3-2-10-4(7-3)5(8)9-6/h2H,6H2,1H3. The lowest BCUT2D eigenvalue weighted by atomic mass is 10.6. The van der Waals surface area contributed by atoms with E-state index in [-0.39, 0.29) is 0 Å². The summed E-state index contributed by atoms with van der Waals surface area (Å²) in [5.74, 6) is 4.05. The number of carbonyl (C=O) groups is 1. The van der Waals surface area contributed by atoms with E-state index in [9.17, 15) is 4.79 Å². The van der Waals surface area contributed by atoms with E-state index in [1.54, 1.807) is 12.3 Å². The first-order chi connectivity index (χ1) is 4.74. The van der Waals surface area contributed by atoms with Crippen molar-refractivity contribution in [1.82, 2.24) is 4.98 Å². The van der Waals surface area contributed by atoms with Gasteiger partial charge in [0.1, 0.15) is 0 Å². The van der Waals surface area contributed by atoms with Crippen molar-refractivity contribution >= 4 is 17.3 Å². The van der Waals surface area contributed by atoms with Crippen LogP contribution in [0.15, 0.2) is 5.38 Å². The van der Waals surface area contributed by atoms with Gasteiger partial charge in [-0.05, 0) is 6.92 Å². The largest absolute Gasteiger partial charge is 0.385 e. The molecule has 0 amide bonds. The van der Waals surface area contributed by atoms with Gasteiger partial charge in [-0.1, -0.05) is 0 Å². The van der Waals surface area contributed by atoms with Crippen molar-refractivity contribution < 1.29 is 9.63 Å². The topological polar surface area (TPSA) is 65.2 Å². The van der Waals surface area contributed by atoms with E-state index in [2.05, 4.69) is 15.7 Å². The molecule has 0 saturated carbocycles. The number of aromatic nitrogens is 1. The molecule has 1 aromatic heterocycles. The Balaban J connectivity index is 2.85. The quantitative estimate of drug-likeness (QED) is 0.604. The monoisotopic (exact) mass is 158 g/mol. The smallest absolute Gasteiger partial charge is 0.368 e. The molecule has 0 aliphatic heterocycles. The van der Waals surface area contributed by atoms with Crippen LogP contribution in [0, 0.1) is 6.92 Å². The number of hydrogen-bond donors (Lipinski definition) is 1. The second-order valence-electron chi connectivity index (χ2n) is 1.70. The average Bonchev–Trinajstić information content (AvgIpc) is 2.34. The van der Waals surface area contributed by atoms with Crippen molar-refractivity contribution in [2.45, 2.75) is 6.92 Å². The molecule has 0 fully saturated rings. The maximum absolute atomic E-state index is 10.6. The average molecular weight is 158 g/mol. The molecular formula is C5H6N2O2S. The van der Waals surface area contributed by atoms with Crippen LogP contribution < -0.4 is 5.90 Å². The van der Waals surface area contributed by atoms with E-state index >= 15 is 0 Å². The molecule has 1 heterocycles. The summed E-state index contributed by atoms with van der Waals surface area (Å²) in [7, 11) is 0. The molecule has 0 saturated heterocycles. The number of nitrogens with two attached hydrogens (primary N) is 1. The Labute approximate surface area is 61.6 Å². The van der Waals surface area contributed by atoms with Gasteiger partial charge in [-0.2, -0.15) is 5.90 Å². The molecule has 0 atom stereocenters. The molecule has 5 heteroatoms. The van der Waals surface area contributed by atoms with Gasteiger partial charge in [0.2, 0.25) is 5.01 Å². The molecule has 0 aliphatic carbocycles. The second-order valence-corrected chi connectivity index (χ2v) is 2.56. The first kappa shape index (κ1) is 7.17. The first-order valence-electron chi connectivity index (χ1n) is 2.57. The molecule has 0 bridgehead atoms. The lowest BCUT2D eigenvalue weighted by molar-refractivity contribution is 0.0503. The summed E-state index contributed by atoms with van der Waals surface area (Å²) in [5, 5.41) is 2.05. The van der Waals surface area contributed by atoms with Crippen LogP contribution in [-0.4, -0.2) is 11.0 Å². The third-order valence-corrected chi connectivity index (χ3v) is 1.84. The molecule has 0 radical (unpaired) electrons. The van der Waals surface area contributed by atoms with Crippen molar-refractivity contribution in [3.05, 3.63) is 16.1 Å². The fourth-order valence-corrected chi connectivity index (χ4v) is 1.17. The zero-order valence-corrected chi connectivity index (χ0v) is 6.14. The molecule has 0 unspecified atom stereocenters. The summed E-state index contributed by atoms with van der Waals surface area (Å²) >= 11 is 1.22. The van der Waals surface area contributed by atoms with Crippen LogP contribution in [0.2, 0.25) is 0 Å². The zero-order valence-electron chi connectivity index (χ0n) is 5.33. The Morgan fingerprint density at radius 2 is 2.60 bits per heavy atom. The molecule has 1 rings (SSSR count). The molecule has 1 aromatic rings. The van der Waals surface area contributed by atoms with Crippen LogP contribution in [-0.2, 0) is 4.84 Å². The molecule has 2 N–H and O–H groups in total. The number of carbonyl (C=O) groups excluding carboxylic acids is 1. The maximum atomic E-state index is 10.6. The summed E-state index contributed by atoms with van der Waals surface area (Å²) in [5.41, 5.74) is 0.797. The van der Waals surface area contributed by atoms with Crippen LogP contribution >= 0.6 is 11.3 Å². The van der Waals surface area contributed by atoms with Gasteiger partial charge in [0, 0.05) is 11.1 Å². The minimum atomic E-state index is -0.585. The highest BCUT2D eigenvalue weighted by molar-refractivity contribution is 7.11. The number of hydrogen-bond acceptors (Lipinski definition) is 5. The number of aryl methyl sites for hydroxylation is 1. The molecular weight excluding hydrogens is 152 g/mol. The maximum Gasteiger partial charge on any atom is 0.385 e. The summed E-state index contributed by atoms with van der Waals surface area (Å²) in [6, 6.07) is 0. The minimum absolute atomic E-state index is 0.292. The SMILES string of the molecule is Cc1csc(C(=O)ON)n1. The van der Waals surface area contributed by atoms with Gasteiger partial charge in [0.25, 0.3) is 0 Å². The fraction of sp³-hybridized carbons (Fsp3) is 0.200. The van der Waals surface area contributed by atoms with E-state index in [0.29, 0.717) is 5.01 Å². The Morgan fingerprint density at radius 3 is 3.00 bits per heavy atom. The summed E-state index contributed by atoms with van der Waals surface area (Å²) in [6.07, 6.45) is 0. The zero-order chi connectivity index (χ0) is 7.56. The Morgan fingerprint density at radius 1 is 1.90 bits per heavy atom. The number of rotatable bonds is 1. The molecule has 0 aliphatic rings. The summed E-state index contributed by atoms with van der Waals surface area (Å²) < 4.78 is 0. The highest BCUT2D eigenvalue weighted by Crippen LogP contribution is 2.08. The Kier molecular flexibility index (Phi) is 1.98. The van der Waals surface area contributed by atoms with Crippen molar-refractivity contribution in [2.24, 2.45) is 5.90 Å². The number of nitrogens with zero attached hydrogens (tertiary/aromatic N) is 1. The molecule has 0 aromatic carbocycles. The van der Waals surface area contributed by atoms with Gasteiger partial charge in [-0.3, -0.25) is 0 Å². The van der Waals surface area contributed by atoms with Crippen LogP contribution in [0.3, 0.4) is 0 Å². The van der Waals surface area contributed by atoms with Gasteiger partial charge < -0.3 is 4.84 Å². The molecule has 0 spiro atoms. The number of thiazole rings is 1. The Hall–Kier alpha value is -0.940. The van der Waals surface area contributed by atoms with Gasteiger partial charge >= 0.3 is 5.97 Å². The fourth-order valence-electron chi connectivity index (χ4n) is 0.498. The van der Waals surface area contributed by atoms with Gasteiger partial charge in [-0.25, -0.2) is 9.78 Å². The van der Waals surface area contributed by atoms with E-state index in [0.717, 1.165) is 5.69 Å². The van der Waals surface area contributed by atoms with E-state index in [4.69, 9.17) is 0 Å². The van der Waals surface area contributed by atoms with Crippen molar-refractivity contribution in [3.63, 3.8) is 0 Å². The second kappa shape index (κ2) is 2.76. The van der Waals surface area contributed by atoms with E-state index in [1.165, 1.54) is 11.3 Å². The molecule has 4 nitrogen and oxygen atoms in total. The van der Waals surface area contributed by atoms with Crippen LogP contribution in [0.5, 0.6) is 0 Å². The third kappa shape index (κ3) is 1.31. The van der Waals surface area contributed by atoms with E-state index in [1.807, 2.05) is 0 Å². The predicted molar refractivity (Wildman–Crippen MR) is 36.5 cm³/mol. The van der Waals surface area contributed by atoms with E-state index < -0.39 is 5.97 Å². The lowest BCUT2D eigenvalue weighted by Crippen LogP contribution is -2.09. The van der Waals surface area contributed by atoms with Crippen molar-refractivity contribution in [3.8, 4) is 0 Å². The molecule has 54 valence electrons. The van der Waals surface area contributed by atoms with Crippen molar-refractivity contribution in [1.29, 1.82) is 0 Å². The summed E-state index contributed by atoms with van der Waals surface area (Å²) in [6.45, 7) is 1.80. The summed E-state index contributed by atoms with van der Waals surface area (Å²) in [4.78, 5) is 18.4. The van der Waals surface area contributed by atoms with Crippen LogP contribution in [0.25, 0.3) is 0 Å². The van der Waals surface area contributed by atoms with Crippen LogP contribution in [0.4, 0.5) is 0 Å². The van der Waals surface area contributed by atoms with Crippen LogP contribution in [0.1, 0.15) is 15.5 Å². The lowest BCUT2D eigenvalue weighted by Gasteiger charge is -1.88. The third-order valence-electron chi connectivity index (χ3n) is 0.901. The predicted octanol–water partition coefficient (Wildman–Crippen LogP) is 0.482. The van der Waals surface area contributed by atoms with Gasteiger partial charge in [0.05, 0.1) is 0 Å². The first-order valence-corrected chi connectivity index (χ1v) is 3.45. The Bertz CT molecular complexity index is 246. The molecule has 10 heavy (non-hydrogen) atoms. The normalized spacial score (nSPS) is 9.40.